The molecule has 0 saturated carbocycles. The van der Waals surface area contributed by atoms with Gasteiger partial charge in [-0.2, -0.15) is 0 Å². The Labute approximate surface area is 113 Å². The van der Waals surface area contributed by atoms with Crippen molar-refractivity contribution in [2.45, 2.75) is 38.5 Å². The van der Waals surface area contributed by atoms with Gasteiger partial charge in [-0.25, -0.2) is 0 Å². The summed E-state index contributed by atoms with van der Waals surface area (Å²) in [5.74, 6) is -1.24. The standard InChI is InChI=1S/C12H24N3PSe/c17-16(13-7-1-2-8-13,14-9-3-4-10-14)15-11-5-6-12-15/h1-12H2. The van der Waals surface area contributed by atoms with Crippen LogP contribution in [0.1, 0.15) is 38.5 Å². The van der Waals surface area contributed by atoms with Gasteiger partial charge in [-0.15, -0.1) is 0 Å². The van der Waals surface area contributed by atoms with Crippen LogP contribution in [0, 0.1) is 0 Å². The Bertz CT molecular complexity index is 257. The SMILES string of the molecule is [Se]=P(N1CCCC1)(N1CCCC1)N1CCCC1. The Morgan fingerprint density at radius 1 is 0.529 bits per heavy atom. The summed E-state index contributed by atoms with van der Waals surface area (Å²) < 4.78 is 8.43. The van der Waals surface area contributed by atoms with Gasteiger partial charge in [-0.1, -0.05) is 0 Å². The van der Waals surface area contributed by atoms with E-state index in [2.05, 4.69) is 29.1 Å². The van der Waals surface area contributed by atoms with Crippen LogP contribution in [0.4, 0.5) is 0 Å². The van der Waals surface area contributed by atoms with Gasteiger partial charge in [0.2, 0.25) is 0 Å². The van der Waals surface area contributed by atoms with E-state index < -0.39 is 5.96 Å². The molecule has 5 heteroatoms. The van der Waals surface area contributed by atoms with E-state index in [0.717, 1.165) is 0 Å². The molecule has 3 fully saturated rings. The summed E-state index contributed by atoms with van der Waals surface area (Å²) in [5, 5.41) is 0. The molecule has 3 heterocycles. The molecular weight excluding hydrogens is 296 g/mol. The van der Waals surface area contributed by atoms with Crippen molar-refractivity contribution >= 4 is 21.1 Å². The monoisotopic (exact) mass is 321 g/mol. The molecule has 0 spiro atoms. The van der Waals surface area contributed by atoms with Crippen LogP contribution in [0.3, 0.4) is 0 Å². The molecule has 3 aliphatic heterocycles. The topological polar surface area (TPSA) is 9.72 Å². The van der Waals surface area contributed by atoms with Crippen molar-refractivity contribution in [3.8, 4) is 0 Å². The van der Waals surface area contributed by atoms with Gasteiger partial charge in [0.05, 0.1) is 0 Å². The maximum absolute atomic E-state index is 3.71. The van der Waals surface area contributed by atoms with Gasteiger partial charge >= 0.3 is 113 Å². The van der Waals surface area contributed by atoms with Gasteiger partial charge < -0.3 is 0 Å². The van der Waals surface area contributed by atoms with Crippen molar-refractivity contribution in [2.24, 2.45) is 0 Å². The van der Waals surface area contributed by atoms with E-state index in [1.807, 2.05) is 0 Å². The zero-order valence-corrected chi connectivity index (χ0v) is 13.3. The molecule has 0 unspecified atom stereocenters. The van der Waals surface area contributed by atoms with Gasteiger partial charge in [0.1, 0.15) is 0 Å². The van der Waals surface area contributed by atoms with E-state index in [4.69, 9.17) is 0 Å². The summed E-state index contributed by atoms with van der Waals surface area (Å²) in [4.78, 5) is 0. The van der Waals surface area contributed by atoms with Crippen LogP contribution in [0.5, 0.6) is 0 Å². The van der Waals surface area contributed by atoms with Gasteiger partial charge in [-0.05, 0) is 0 Å². The molecule has 0 amide bonds. The molecule has 3 saturated heterocycles. The van der Waals surface area contributed by atoms with E-state index in [1.54, 1.807) is 0 Å². The first-order valence-electron chi connectivity index (χ1n) is 7.18. The van der Waals surface area contributed by atoms with Crippen LogP contribution in [-0.2, 0) is 0 Å². The second-order valence-electron chi connectivity index (χ2n) is 5.50. The third kappa shape index (κ3) is 2.33. The Morgan fingerprint density at radius 2 is 0.765 bits per heavy atom. The molecule has 0 aromatic rings. The summed E-state index contributed by atoms with van der Waals surface area (Å²) in [6, 6.07) is 0. The molecule has 0 aromatic heterocycles. The van der Waals surface area contributed by atoms with E-state index in [0.29, 0.717) is 0 Å². The number of hydrogen-bond donors (Lipinski definition) is 0. The van der Waals surface area contributed by atoms with Crippen LogP contribution in [-0.4, -0.2) is 68.4 Å². The Balaban J connectivity index is 1.84. The number of rotatable bonds is 3. The molecule has 3 nitrogen and oxygen atoms in total. The Morgan fingerprint density at radius 3 is 1.00 bits per heavy atom. The predicted octanol–water partition coefficient (Wildman–Crippen LogP) is 2.12. The second kappa shape index (κ2) is 5.44. The van der Waals surface area contributed by atoms with Crippen molar-refractivity contribution in [3.05, 3.63) is 0 Å². The van der Waals surface area contributed by atoms with Gasteiger partial charge in [0, 0.05) is 0 Å². The molecule has 0 aromatic carbocycles. The predicted molar refractivity (Wildman–Crippen MR) is 75.1 cm³/mol. The van der Waals surface area contributed by atoms with Crippen LogP contribution >= 0.6 is 5.96 Å². The van der Waals surface area contributed by atoms with E-state index in [9.17, 15) is 0 Å². The molecule has 3 aliphatic rings. The van der Waals surface area contributed by atoms with Gasteiger partial charge in [-0.3, -0.25) is 0 Å². The third-order valence-electron chi connectivity index (χ3n) is 4.35. The van der Waals surface area contributed by atoms with Crippen molar-refractivity contribution in [1.29, 1.82) is 0 Å². The summed E-state index contributed by atoms with van der Waals surface area (Å²) in [5.41, 5.74) is 0. The minimum absolute atomic E-state index is 1.24. The number of nitrogens with zero attached hydrogens (tertiary/aromatic N) is 3. The first-order chi connectivity index (χ1) is 8.32. The second-order valence-corrected chi connectivity index (χ2v) is 11.3. The fourth-order valence-electron chi connectivity index (χ4n) is 3.42. The average Bonchev–Trinajstić information content (AvgIpc) is 3.10. The molecule has 98 valence electrons. The van der Waals surface area contributed by atoms with Crippen molar-refractivity contribution in [1.82, 2.24) is 14.0 Å². The molecule has 0 atom stereocenters. The molecule has 17 heavy (non-hydrogen) atoms. The van der Waals surface area contributed by atoms with Gasteiger partial charge in [0.15, 0.2) is 0 Å². The normalized spacial score (nSPS) is 29.4. The van der Waals surface area contributed by atoms with E-state index in [-0.39, 0.29) is 0 Å². The van der Waals surface area contributed by atoms with Crippen LogP contribution in [0.15, 0.2) is 0 Å². The fraction of sp³-hybridized carbons (Fsp3) is 1.00. The first kappa shape index (κ1) is 12.8. The minimum atomic E-state index is -1.24. The van der Waals surface area contributed by atoms with E-state index in [1.165, 1.54) is 77.8 Å². The fourth-order valence-corrected chi connectivity index (χ4v) is 9.99. The summed E-state index contributed by atoms with van der Waals surface area (Å²) >= 11 is 3.71. The Hall–Kier alpha value is 0.829. The molecule has 0 N–H and O–H groups in total. The van der Waals surface area contributed by atoms with E-state index >= 15 is 0 Å². The molecular formula is C12H24N3PSe. The average molecular weight is 320 g/mol. The van der Waals surface area contributed by atoms with Crippen molar-refractivity contribution < 1.29 is 0 Å². The van der Waals surface area contributed by atoms with Crippen molar-refractivity contribution in [2.75, 3.05) is 39.3 Å². The maximum atomic E-state index is 3.71. The third-order valence-corrected chi connectivity index (χ3v) is 12.1. The Kier molecular flexibility index (Phi) is 4.11. The summed E-state index contributed by atoms with van der Waals surface area (Å²) in [7, 11) is 0. The van der Waals surface area contributed by atoms with Crippen LogP contribution in [0.2, 0.25) is 0 Å². The van der Waals surface area contributed by atoms with Crippen LogP contribution in [0.25, 0.3) is 0 Å². The van der Waals surface area contributed by atoms with Crippen LogP contribution < -0.4 is 0 Å². The molecule has 3 rings (SSSR count). The zero-order chi connectivity index (χ0) is 11.7. The summed E-state index contributed by atoms with van der Waals surface area (Å²) in [6.45, 7) is 7.96. The van der Waals surface area contributed by atoms with Crippen molar-refractivity contribution in [3.63, 3.8) is 0 Å². The quantitative estimate of drug-likeness (QED) is 0.583. The molecule has 0 aliphatic carbocycles. The molecule has 0 radical (unpaired) electrons. The van der Waals surface area contributed by atoms with Gasteiger partial charge in [0.25, 0.3) is 0 Å². The number of hydrogen-bond acceptors (Lipinski definition) is 3. The first-order valence-corrected chi connectivity index (χ1v) is 11.0. The summed E-state index contributed by atoms with van der Waals surface area (Å²) in [6.07, 6.45) is 8.45. The molecule has 0 bridgehead atoms. The zero-order valence-electron chi connectivity index (χ0n) is 10.7.